The molecule has 0 radical (unpaired) electrons. The third-order valence-corrected chi connectivity index (χ3v) is 4.16. The number of carbonyl (C=O) groups excluding carboxylic acids is 1. The summed E-state index contributed by atoms with van der Waals surface area (Å²) in [6.07, 6.45) is 5.10. The van der Waals surface area contributed by atoms with Crippen LogP contribution in [-0.4, -0.2) is 19.1 Å². The summed E-state index contributed by atoms with van der Waals surface area (Å²) in [6.45, 7) is 6.16. The van der Waals surface area contributed by atoms with Crippen LogP contribution in [0.1, 0.15) is 43.7 Å². The van der Waals surface area contributed by atoms with Crippen molar-refractivity contribution in [1.82, 2.24) is 5.32 Å². The number of ether oxygens (including phenoxy) is 1. The van der Waals surface area contributed by atoms with Gasteiger partial charge in [0.05, 0.1) is 0 Å². The number of amides is 1. The topological polar surface area (TPSA) is 50.4 Å². The molecular weight excluding hydrogens is 324 g/mol. The van der Waals surface area contributed by atoms with Gasteiger partial charge in [0.2, 0.25) is 0 Å². The molecule has 140 valence electrons. The van der Waals surface area contributed by atoms with Crippen molar-refractivity contribution in [3.8, 4) is 5.75 Å². The first kappa shape index (κ1) is 20.0. The summed E-state index contributed by atoms with van der Waals surface area (Å²) in [7, 11) is 0. The Balaban J connectivity index is 1.66. The van der Waals surface area contributed by atoms with Crippen LogP contribution >= 0.6 is 0 Å². The third-order valence-electron chi connectivity index (χ3n) is 4.16. The molecule has 2 N–H and O–H groups in total. The SMILES string of the molecule is CCCCCCNCc1ccc(OCC(=O)Nc2ccc(C)cc2)cc1. The Kier molecular flexibility index (Phi) is 8.70. The minimum Gasteiger partial charge on any atom is -0.484 e. The molecule has 0 unspecified atom stereocenters. The summed E-state index contributed by atoms with van der Waals surface area (Å²) in [5, 5.41) is 6.28. The number of hydrogen-bond donors (Lipinski definition) is 2. The number of carbonyl (C=O) groups is 1. The second-order valence-electron chi connectivity index (χ2n) is 6.58. The molecule has 26 heavy (non-hydrogen) atoms. The van der Waals surface area contributed by atoms with Crippen molar-refractivity contribution in [3.63, 3.8) is 0 Å². The Morgan fingerprint density at radius 2 is 1.69 bits per heavy atom. The van der Waals surface area contributed by atoms with Crippen molar-refractivity contribution in [3.05, 3.63) is 59.7 Å². The zero-order valence-corrected chi connectivity index (χ0v) is 15.9. The van der Waals surface area contributed by atoms with Gasteiger partial charge in [-0.3, -0.25) is 4.79 Å². The van der Waals surface area contributed by atoms with Gasteiger partial charge in [0.25, 0.3) is 5.91 Å². The lowest BCUT2D eigenvalue weighted by molar-refractivity contribution is -0.118. The average molecular weight is 354 g/mol. The lowest BCUT2D eigenvalue weighted by Crippen LogP contribution is -2.20. The van der Waals surface area contributed by atoms with Crippen LogP contribution in [0.3, 0.4) is 0 Å². The van der Waals surface area contributed by atoms with E-state index in [4.69, 9.17) is 4.74 Å². The molecular formula is C22H30N2O2. The average Bonchev–Trinajstić information content (AvgIpc) is 2.66. The summed E-state index contributed by atoms with van der Waals surface area (Å²) in [4.78, 5) is 11.9. The molecule has 0 saturated carbocycles. The van der Waals surface area contributed by atoms with Gasteiger partial charge in [-0.25, -0.2) is 0 Å². The first-order chi connectivity index (χ1) is 12.7. The largest absolute Gasteiger partial charge is 0.484 e. The van der Waals surface area contributed by atoms with E-state index in [0.717, 1.165) is 24.3 Å². The minimum absolute atomic E-state index is 0.00288. The predicted octanol–water partition coefficient (Wildman–Crippen LogP) is 4.68. The summed E-state index contributed by atoms with van der Waals surface area (Å²) >= 11 is 0. The standard InChI is InChI=1S/C22H30N2O2/c1-3-4-5-6-15-23-16-19-9-13-21(14-10-19)26-17-22(25)24-20-11-7-18(2)8-12-20/h7-14,23H,3-6,15-17H2,1-2H3,(H,24,25). The van der Waals surface area contributed by atoms with Crippen LogP contribution in [0.15, 0.2) is 48.5 Å². The van der Waals surface area contributed by atoms with Crippen LogP contribution in [-0.2, 0) is 11.3 Å². The Labute approximate surface area is 157 Å². The monoisotopic (exact) mass is 354 g/mol. The highest BCUT2D eigenvalue weighted by Crippen LogP contribution is 2.13. The van der Waals surface area contributed by atoms with Crippen LogP contribution in [0, 0.1) is 6.92 Å². The smallest absolute Gasteiger partial charge is 0.262 e. The van der Waals surface area contributed by atoms with E-state index in [2.05, 4.69) is 17.6 Å². The third kappa shape index (κ3) is 7.70. The minimum atomic E-state index is -0.160. The lowest BCUT2D eigenvalue weighted by Gasteiger charge is -2.09. The van der Waals surface area contributed by atoms with Crippen LogP contribution < -0.4 is 15.4 Å². The highest BCUT2D eigenvalue weighted by molar-refractivity contribution is 5.91. The van der Waals surface area contributed by atoms with E-state index < -0.39 is 0 Å². The van der Waals surface area contributed by atoms with Crippen molar-refractivity contribution < 1.29 is 9.53 Å². The normalized spacial score (nSPS) is 10.5. The van der Waals surface area contributed by atoms with Gasteiger partial charge in [-0.2, -0.15) is 0 Å². The number of benzene rings is 2. The molecule has 0 aromatic heterocycles. The number of aryl methyl sites for hydroxylation is 1. The molecule has 0 aliphatic rings. The maximum atomic E-state index is 11.9. The Morgan fingerprint density at radius 1 is 0.962 bits per heavy atom. The van der Waals surface area contributed by atoms with Crippen LogP contribution in [0.4, 0.5) is 5.69 Å². The quantitative estimate of drug-likeness (QED) is 0.576. The van der Waals surface area contributed by atoms with E-state index in [1.807, 2.05) is 55.5 Å². The molecule has 0 spiro atoms. The maximum Gasteiger partial charge on any atom is 0.262 e. The van der Waals surface area contributed by atoms with Gasteiger partial charge in [0.1, 0.15) is 5.75 Å². The number of nitrogens with one attached hydrogen (secondary N) is 2. The van der Waals surface area contributed by atoms with Crippen molar-refractivity contribution in [2.75, 3.05) is 18.5 Å². The maximum absolute atomic E-state index is 11.9. The van der Waals surface area contributed by atoms with Gasteiger partial charge in [0, 0.05) is 12.2 Å². The van der Waals surface area contributed by atoms with Gasteiger partial charge < -0.3 is 15.4 Å². The second kappa shape index (κ2) is 11.3. The van der Waals surface area contributed by atoms with E-state index in [0.29, 0.717) is 5.75 Å². The van der Waals surface area contributed by atoms with Gasteiger partial charge in [0.15, 0.2) is 6.61 Å². The predicted molar refractivity (Wildman–Crippen MR) is 108 cm³/mol. The summed E-state index contributed by atoms with van der Waals surface area (Å²) in [6, 6.07) is 15.6. The Bertz CT molecular complexity index is 651. The van der Waals surface area contributed by atoms with Crippen molar-refractivity contribution in [2.45, 2.75) is 46.1 Å². The van der Waals surface area contributed by atoms with Gasteiger partial charge in [-0.15, -0.1) is 0 Å². The number of unbranched alkanes of at least 4 members (excludes halogenated alkanes) is 3. The Morgan fingerprint density at radius 3 is 2.38 bits per heavy atom. The van der Waals surface area contributed by atoms with Crippen molar-refractivity contribution in [2.24, 2.45) is 0 Å². The fourth-order valence-electron chi connectivity index (χ4n) is 2.60. The summed E-state index contributed by atoms with van der Waals surface area (Å²) in [5.41, 5.74) is 3.16. The number of hydrogen-bond acceptors (Lipinski definition) is 3. The van der Waals surface area contributed by atoms with E-state index >= 15 is 0 Å². The zero-order valence-electron chi connectivity index (χ0n) is 15.9. The van der Waals surface area contributed by atoms with Gasteiger partial charge in [-0.05, 0) is 49.7 Å². The highest BCUT2D eigenvalue weighted by atomic mass is 16.5. The molecule has 2 aromatic carbocycles. The van der Waals surface area contributed by atoms with E-state index in [1.54, 1.807) is 0 Å². The fraction of sp³-hybridized carbons (Fsp3) is 0.409. The lowest BCUT2D eigenvalue weighted by atomic mass is 10.2. The van der Waals surface area contributed by atoms with Crippen LogP contribution in [0.2, 0.25) is 0 Å². The molecule has 2 rings (SSSR count). The number of rotatable bonds is 11. The van der Waals surface area contributed by atoms with Crippen molar-refractivity contribution in [1.29, 1.82) is 0 Å². The molecule has 0 saturated heterocycles. The molecule has 0 aliphatic heterocycles. The first-order valence-corrected chi connectivity index (χ1v) is 9.46. The molecule has 0 atom stereocenters. The molecule has 0 bridgehead atoms. The molecule has 0 fully saturated rings. The first-order valence-electron chi connectivity index (χ1n) is 9.46. The number of anilines is 1. The molecule has 0 heterocycles. The molecule has 0 aliphatic carbocycles. The van der Waals surface area contributed by atoms with E-state index in [-0.39, 0.29) is 12.5 Å². The van der Waals surface area contributed by atoms with Crippen molar-refractivity contribution >= 4 is 11.6 Å². The summed E-state index contributed by atoms with van der Waals surface area (Å²) in [5.74, 6) is 0.544. The Hall–Kier alpha value is -2.33. The van der Waals surface area contributed by atoms with E-state index in [1.165, 1.54) is 31.2 Å². The van der Waals surface area contributed by atoms with E-state index in [9.17, 15) is 4.79 Å². The molecule has 2 aromatic rings. The van der Waals surface area contributed by atoms with Gasteiger partial charge >= 0.3 is 0 Å². The fourth-order valence-corrected chi connectivity index (χ4v) is 2.60. The summed E-state index contributed by atoms with van der Waals surface area (Å²) < 4.78 is 5.56. The van der Waals surface area contributed by atoms with Crippen LogP contribution in [0.25, 0.3) is 0 Å². The molecule has 1 amide bonds. The highest BCUT2D eigenvalue weighted by Gasteiger charge is 2.04. The second-order valence-corrected chi connectivity index (χ2v) is 6.58. The molecule has 4 heteroatoms. The zero-order chi connectivity index (χ0) is 18.6. The van der Waals surface area contributed by atoms with Gasteiger partial charge in [-0.1, -0.05) is 56.0 Å². The van der Waals surface area contributed by atoms with Crippen LogP contribution in [0.5, 0.6) is 5.75 Å². The molecule has 4 nitrogen and oxygen atoms in total.